The summed E-state index contributed by atoms with van der Waals surface area (Å²) in [6, 6.07) is 0. The van der Waals surface area contributed by atoms with E-state index in [1.807, 2.05) is 6.92 Å². The van der Waals surface area contributed by atoms with Crippen molar-refractivity contribution in [3.05, 3.63) is 5.21 Å². The van der Waals surface area contributed by atoms with E-state index in [9.17, 15) is 5.21 Å². The number of unbranched alkanes of at least 4 members (excludes halogenated alkanes) is 1. The van der Waals surface area contributed by atoms with Crippen molar-refractivity contribution in [2.45, 2.75) is 32.6 Å². The van der Waals surface area contributed by atoms with Gasteiger partial charge < -0.3 is 20.5 Å². The number of nitrogens with one attached hydrogen (secondary N) is 1. The third kappa shape index (κ3) is 3.79. The molecule has 1 unspecified atom stereocenters. The van der Waals surface area contributed by atoms with Gasteiger partial charge in [0.1, 0.15) is 0 Å². The maximum Gasteiger partial charge on any atom is 0.309 e. The smallest absolute Gasteiger partial charge is 0.309 e. The molecule has 0 aromatic carbocycles. The topological polar surface area (TPSA) is 68.0 Å². The molecule has 0 aliphatic rings. The zero-order chi connectivity index (χ0) is 8.20. The molecule has 0 amide bonds. The van der Waals surface area contributed by atoms with Gasteiger partial charge in [0.2, 0.25) is 0 Å². The fourth-order valence-corrected chi connectivity index (χ4v) is 0.574. The molecular formula is C6H15NO3. The van der Waals surface area contributed by atoms with Crippen LogP contribution in [0.2, 0.25) is 0 Å². The van der Waals surface area contributed by atoms with Crippen molar-refractivity contribution in [2.75, 3.05) is 6.54 Å². The first-order valence-corrected chi connectivity index (χ1v) is 3.46. The highest BCUT2D eigenvalue weighted by Crippen LogP contribution is 1.84. The average Bonchev–Trinajstić information content (AvgIpc) is 1.80. The molecule has 0 saturated heterocycles. The lowest BCUT2D eigenvalue weighted by Gasteiger charge is -2.31. The van der Waals surface area contributed by atoms with E-state index >= 15 is 0 Å². The number of rotatable bonds is 4. The molecule has 62 valence electrons. The van der Waals surface area contributed by atoms with Crippen LogP contribution in [0.15, 0.2) is 0 Å². The van der Waals surface area contributed by atoms with Gasteiger partial charge in [0.15, 0.2) is 0 Å². The summed E-state index contributed by atoms with van der Waals surface area (Å²) in [6.45, 7) is 3.28. The minimum absolute atomic E-state index is 0.250. The Kier molecular flexibility index (Phi) is 3.81. The van der Waals surface area contributed by atoms with E-state index in [2.05, 4.69) is 0 Å². The van der Waals surface area contributed by atoms with E-state index in [0.717, 1.165) is 19.8 Å². The SMILES string of the molecule is CCCC[NH+]([O-])C(C)(O)O. The highest BCUT2D eigenvalue weighted by Gasteiger charge is 2.22. The van der Waals surface area contributed by atoms with Crippen molar-refractivity contribution in [1.29, 1.82) is 0 Å². The number of hydrogen-bond acceptors (Lipinski definition) is 3. The van der Waals surface area contributed by atoms with Gasteiger partial charge >= 0.3 is 5.91 Å². The quantitative estimate of drug-likeness (QED) is 0.348. The minimum atomic E-state index is -2.13. The van der Waals surface area contributed by atoms with Gasteiger partial charge in [-0.25, -0.2) is 0 Å². The van der Waals surface area contributed by atoms with Gasteiger partial charge in [-0.05, 0) is 6.42 Å². The van der Waals surface area contributed by atoms with Gasteiger partial charge in [0.05, 0.1) is 6.54 Å². The molecule has 4 nitrogen and oxygen atoms in total. The standard InChI is InChI=1S/C6H15NO3/c1-3-4-5-7(10)6(2,8)9/h7-9H,3-5H2,1-2H3. The van der Waals surface area contributed by atoms with Crippen LogP contribution in [0.3, 0.4) is 0 Å². The van der Waals surface area contributed by atoms with E-state index in [-0.39, 0.29) is 6.54 Å². The monoisotopic (exact) mass is 149 g/mol. The molecule has 0 aromatic heterocycles. The second-order valence-electron chi connectivity index (χ2n) is 2.55. The molecule has 4 heteroatoms. The van der Waals surface area contributed by atoms with Gasteiger partial charge in [-0.2, -0.15) is 0 Å². The molecule has 3 N–H and O–H groups in total. The molecular weight excluding hydrogens is 134 g/mol. The fraction of sp³-hybridized carbons (Fsp3) is 1.00. The van der Waals surface area contributed by atoms with Gasteiger partial charge in [0, 0.05) is 6.92 Å². The summed E-state index contributed by atoms with van der Waals surface area (Å²) in [7, 11) is 0. The number of hydrogen-bond donors (Lipinski definition) is 3. The van der Waals surface area contributed by atoms with Crippen LogP contribution in [0.1, 0.15) is 26.7 Å². The zero-order valence-electron chi connectivity index (χ0n) is 6.42. The lowest BCUT2D eigenvalue weighted by molar-refractivity contribution is -0.962. The zero-order valence-corrected chi connectivity index (χ0v) is 6.42. The van der Waals surface area contributed by atoms with Crippen LogP contribution in [0.25, 0.3) is 0 Å². The molecule has 0 rings (SSSR count). The molecule has 0 heterocycles. The first-order chi connectivity index (χ1) is 4.48. The first-order valence-electron chi connectivity index (χ1n) is 3.46. The Balaban J connectivity index is 3.52. The van der Waals surface area contributed by atoms with Crippen LogP contribution >= 0.6 is 0 Å². The van der Waals surface area contributed by atoms with Crippen molar-refractivity contribution in [3.63, 3.8) is 0 Å². The Labute approximate surface area is 60.7 Å². The van der Waals surface area contributed by atoms with Crippen LogP contribution in [-0.4, -0.2) is 22.7 Å². The summed E-state index contributed by atoms with van der Waals surface area (Å²) < 4.78 is 0. The summed E-state index contributed by atoms with van der Waals surface area (Å²) in [5.74, 6) is -2.13. The van der Waals surface area contributed by atoms with Gasteiger partial charge in [0.25, 0.3) is 0 Å². The molecule has 0 aliphatic carbocycles. The maximum atomic E-state index is 10.7. The summed E-state index contributed by atoms with van der Waals surface area (Å²) in [5, 5.41) is 27.7. The lowest BCUT2D eigenvalue weighted by atomic mass is 10.3. The van der Waals surface area contributed by atoms with E-state index in [4.69, 9.17) is 10.2 Å². The molecule has 0 aliphatic heterocycles. The van der Waals surface area contributed by atoms with E-state index in [1.165, 1.54) is 0 Å². The maximum absolute atomic E-state index is 10.7. The summed E-state index contributed by atoms with van der Waals surface area (Å²) in [4.78, 5) is 0. The molecule has 1 atom stereocenters. The molecule has 0 radical (unpaired) electrons. The van der Waals surface area contributed by atoms with Crippen molar-refractivity contribution in [2.24, 2.45) is 0 Å². The third-order valence-corrected chi connectivity index (χ3v) is 1.29. The number of aliphatic hydroxyl groups is 2. The van der Waals surface area contributed by atoms with Gasteiger partial charge in [-0.15, -0.1) is 0 Å². The van der Waals surface area contributed by atoms with Gasteiger partial charge in [-0.1, -0.05) is 13.3 Å². The number of hydroxylamine groups is 2. The first kappa shape index (κ1) is 9.84. The third-order valence-electron chi connectivity index (χ3n) is 1.29. The Hall–Kier alpha value is -0.160. The Morgan fingerprint density at radius 1 is 1.50 bits per heavy atom. The average molecular weight is 149 g/mol. The van der Waals surface area contributed by atoms with Crippen LogP contribution in [0.4, 0.5) is 0 Å². The van der Waals surface area contributed by atoms with Crippen LogP contribution in [0, 0.1) is 5.21 Å². The van der Waals surface area contributed by atoms with Crippen LogP contribution in [-0.2, 0) is 0 Å². The minimum Gasteiger partial charge on any atom is -0.630 e. The van der Waals surface area contributed by atoms with Crippen LogP contribution in [0.5, 0.6) is 0 Å². The van der Waals surface area contributed by atoms with Gasteiger partial charge in [-0.3, -0.25) is 0 Å². The number of quaternary nitrogens is 1. The molecule has 0 fully saturated rings. The second kappa shape index (κ2) is 3.88. The molecule has 0 bridgehead atoms. The fourth-order valence-electron chi connectivity index (χ4n) is 0.574. The highest BCUT2D eigenvalue weighted by atomic mass is 16.6. The normalized spacial score (nSPS) is 15.3. The Morgan fingerprint density at radius 2 is 2.00 bits per heavy atom. The summed E-state index contributed by atoms with van der Waals surface area (Å²) in [6.07, 6.45) is 1.61. The van der Waals surface area contributed by atoms with Crippen molar-refractivity contribution >= 4 is 0 Å². The lowest BCUT2D eigenvalue weighted by Crippen LogP contribution is -3.16. The second-order valence-corrected chi connectivity index (χ2v) is 2.55. The molecule has 10 heavy (non-hydrogen) atoms. The van der Waals surface area contributed by atoms with Crippen molar-refractivity contribution in [3.8, 4) is 0 Å². The predicted octanol–water partition coefficient (Wildman–Crippen LogP) is -1.17. The Bertz CT molecular complexity index is 89.5. The summed E-state index contributed by atoms with van der Waals surface area (Å²) >= 11 is 0. The predicted molar refractivity (Wildman–Crippen MR) is 36.9 cm³/mol. The van der Waals surface area contributed by atoms with E-state index < -0.39 is 11.0 Å². The van der Waals surface area contributed by atoms with Crippen LogP contribution < -0.4 is 5.06 Å². The van der Waals surface area contributed by atoms with Crippen molar-refractivity contribution in [1.82, 2.24) is 0 Å². The van der Waals surface area contributed by atoms with E-state index in [0.29, 0.717) is 0 Å². The molecule has 0 aromatic rings. The van der Waals surface area contributed by atoms with E-state index in [1.54, 1.807) is 0 Å². The van der Waals surface area contributed by atoms with Crippen molar-refractivity contribution < 1.29 is 15.3 Å². The highest BCUT2D eigenvalue weighted by molar-refractivity contribution is 4.36. The summed E-state index contributed by atoms with van der Waals surface area (Å²) in [5.41, 5.74) is 0. The largest absolute Gasteiger partial charge is 0.630 e. The molecule has 0 spiro atoms. The Morgan fingerprint density at radius 3 is 2.30 bits per heavy atom. The molecule has 0 saturated carbocycles.